The minimum absolute atomic E-state index is 0.0568. The first-order valence-electron chi connectivity index (χ1n) is 7.97. The molecule has 1 saturated heterocycles. The summed E-state index contributed by atoms with van der Waals surface area (Å²) in [7, 11) is 0. The lowest BCUT2D eigenvalue weighted by Crippen LogP contribution is -2.36. The Labute approximate surface area is 130 Å². The molecule has 0 aromatic heterocycles. The number of carbonyl (C=O) groups excluding carboxylic acids is 2. The van der Waals surface area contributed by atoms with Crippen LogP contribution >= 0.6 is 0 Å². The Balaban J connectivity index is 1.40. The van der Waals surface area contributed by atoms with E-state index in [0.29, 0.717) is 18.4 Å². The van der Waals surface area contributed by atoms with Crippen molar-refractivity contribution in [2.24, 2.45) is 5.92 Å². The molecule has 2 unspecified atom stereocenters. The highest BCUT2D eigenvalue weighted by molar-refractivity contribution is 6.32. The summed E-state index contributed by atoms with van der Waals surface area (Å²) in [5, 5.41) is 6.02. The molecule has 2 aliphatic rings. The number of piperidine rings is 1. The highest BCUT2D eigenvalue weighted by atomic mass is 16.5. The summed E-state index contributed by atoms with van der Waals surface area (Å²) in [6, 6.07) is 10.1. The molecule has 1 aliphatic heterocycles. The van der Waals surface area contributed by atoms with Crippen LogP contribution < -0.4 is 10.6 Å². The minimum atomic E-state index is -0.753. The Morgan fingerprint density at radius 3 is 2.64 bits per heavy atom. The fourth-order valence-electron chi connectivity index (χ4n) is 2.96. The van der Waals surface area contributed by atoms with Crippen molar-refractivity contribution in [3.05, 3.63) is 35.9 Å². The van der Waals surface area contributed by atoms with Crippen LogP contribution in [0.4, 0.5) is 0 Å². The van der Waals surface area contributed by atoms with Crippen molar-refractivity contribution >= 4 is 11.9 Å². The van der Waals surface area contributed by atoms with Gasteiger partial charge in [-0.1, -0.05) is 30.3 Å². The van der Waals surface area contributed by atoms with Crippen LogP contribution in [0.25, 0.3) is 0 Å². The van der Waals surface area contributed by atoms with E-state index in [1.807, 2.05) is 30.3 Å². The van der Waals surface area contributed by atoms with Crippen LogP contribution in [0, 0.1) is 5.92 Å². The van der Waals surface area contributed by atoms with Crippen LogP contribution in [0.3, 0.4) is 0 Å². The van der Waals surface area contributed by atoms with E-state index in [9.17, 15) is 9.59 Å². The van der Waals surface area contributed by atoms with Crippen molar-refractivity contribution in [2.75, 3.05) is 19.7 Å². The second-order valence-corrected chi connectivity index (χ2v) is 6.12. The molecule has 1 aromatic carbocycles. The third kappa shape index (κ3) is 3.85. The van der Waals surface area contributed by atoms with Gasteiger partial charge in [0.05, 0.1) is 6.61 Å². The highest BCUT2D eigenvalue weighted by Gasteiger charge is 2.40. The highest BCUT2D eigenvalue weighted by Crippen LogP contribution is 2.40. The molecule has 1 amide bonds. The fourth-order valence-corrected chi connectivity index (χ4v) is 2.96. The van der Waals surface area contributed by atoms with Gasteiger partial charge in [-0.2, -0.15) is 0 Å². The number of benzene rings is 1. The van der Waals surface area contributed by atoms with Crippen LogP contribution in [-0.4, -0.2) is 37.6 Å². The third-order valence-corrected chi connectivity index (χ3v) is 4.43. The molecule has 1 heterocycles. The lowest BCUT2D eigenvalue weighted by atomic mass is 9.99. The van der Waals surface area contributed by atoms with Gasteiger partial charge in [0.15, 0.2) is 0 Å². The molecule has 2 N–H and O–H groups in total. The van der Waals surface area contributed by atoms with E-state index in [-0.39, 0.29) is 6.04 Å². The van der Waals surface area contributed by atoms with Gasteiger partial charge in [-0.3, -0.25) is 4.79 Å². The van der Waals surface area contributed by atoms with Crippen LogP contribution in [0.2, 0.25) is 0 Å². The van der Waals surface area contributed by atoms with Gasteiger partial charge in [0.25, 0.3) is 0 Å². The van der Waals surface area contributed by atoms with E-state index in [1.165, 1.54) is 5.56 Å². The SMILES string of the molecule is O=C(NC1CC1c1ccccc1)C(=O)OCC1CCNCC1. The summed E-state index contributed by atoms with van der Waals surface area (Å²) in [6.45, 7) is 2.26. The number of nitrogens with one attached hydrogen (secondary N) is 2. The van der Waals surface area contributed by atoms with Crippen LogP contribution in [0.15, 0.2) is 30.3 Å². The molecule has 5 heteroatoms. The second kappa shape index (κ2) is 6.92. The largest absolute Gasteiger partial charge is 0.458 e. The summed E-state index contributed by atoms with van der Waals surface area (Å²) in [6.07, 6.45) is 2.87. The molecule has 5 nitrogen and oxygen atoms in total. The molecule has 22 heavy (non-hydrogen) atoms. The molecule has 3 rings (SSSR count). The Morgan fingerprint density at radius 1 is 1.18 bits per heavy atom. The summed E-state index contributed by atoms with van der Waals surface area (Å²) in [5.41, 5.74) is 1.20. The zero-order chi connectivity index (χ0) is 15.4. The molecule has 0 bridgehead atoms. The standard InChI is InChI=1S/C17H22N2O3/c20-16(17(21)22-11-12-6-8-18-9-7-12)19-15-10-14(15)13-4-2-1-3-5-13/h1-5,12,14-15,18H,6-11H2,(H,19,20). The van der Waals surface area contributed by atoms with E-state index < -0.39 is 11.9 Å². The predicted molar refractivity (Wildman–Crippen MR) is 82.3 cm³/mol. The first kappa shape index (κ1) is 15.0. The monoisotopic (exact) mass is 302 g/mol. The van der Waals surface area contributed by atoms with Crippen molar-refractivity contribution in [1.82, 2.24) is 10.6 Å². The molecular weight excluding hydrogens is 280 g/mol. The van der Waals surface area contributed by atoms with Crippen molar-refractivity contribution in [2.45, 2.75) is 31.2 Å². The smallest absolute Gasteiger partial charge is 0.396 e. The number of amides is 1. The number of hydrogen-bond donors (Lipinski definition) is 2. The third-order valence-electron chi connectivity index (χ3n) is 4.43. The number of hydrogen-bond acceptors (Lipinski definition) is 4. The van der Waals surface area contributed by atoms with Crippen molar-refractivity contribution < 1.29 is 14.3 Å². The molecule has 0 spiro atoms. The normalized spacial score (nSPS) is 24.5. The Kier molecular flexibility index (Phi) is 4.73. The number of esters is 1. The zero-order valence-corrected chi connectivity index (χ0v) is 12.6. The molecule has 2 fully saturated rings. The first-order valence-corrected chi connectivity index (χ1v) is 7.97. The maximum absolute atomic E-state index is 11.8. The van der Waals surface area contributed by atoms with Gasteiger partial charge < -0.3 is 15.4 Å². The zero-order valence-electron chi connectivity index (χ0n) is 12.6. The van der Waals surface area contributed by atoms with Crippen LogP contribution in [0.5, 0.6) is 0 Å². The number of rotatable bonds is 4. The summed E-state index contributed by atoms with van der Waals surface area (Å²) < 4.78 is 5.13. The van der Waals surface area contributed by atoms with E-state index in [1.54, 1.807) is 0 Å². The summed E-state index contributed by atoms with van der Waals surface area (Å²) in [4.78, 5) is 23.6. The lowest BCUT2D eigenvalue weighted by Gasteiger charge is -2.21. The van der Waals surface area contributed by atoms with Gasteiger partial charge in [-0.05, 0) is 43.8 Å². The Morgan fingerprint density at radius 2 is 1.91 bits per heavy atom. The molecule has 1 aromatic rings. The average molecular weight is 302 g/mol. The molecule has 1 aliphatic carbocycles. The predicted octanol–water partition coefficient (Wildman–Crippen LogP) is 1.20. The van der Waals surface area contributed by atoms with E-state index in [2.05, 4.69) is 10.6 Å². The van der Waals surface area contributed by atoms with Gasteiger partial charge in [-0.15, -0.1) is 0 Å². The van der Waals surface area contributed by atoms with Gasteiger partial charge >= 0.3 is 11.9 Å². The Bertz CT molecular complexity index is 526. The van der Waals surface area contributed by atoms with Gasteiger partial charge in [-0.25, -0.2) is 4.79 Å². The topological polar surface area (TPSA) is 67.4 Å². The first-order chi connectivity index (χ1) is 10.7. The van der Waals surface area contributed by atoms with E-state index in [0.717, 1.165) is 32.4 Å². The summed E-state index contributed by atoms with van der Waals surface area (Å²) >= 11 is 0. The minimum Gasteiger partial charge on any atom is -0.458 e. The summed E-state index contributed by atoms with van der Waals surface area (Å²) in [5.74, 6) is -0.673. The van der Waals surface area contributed by atoms with E-state index >= 15 is 0 Å². The Hall–Kier alpha value is -1.88. The molecule has 1 saturated carbocycles. The molecule has 118 valence electrons. The van der Waals surface area contributed by atoms with Crippen LogP contribution in [0.1, 0.15) is 30.7 Å². The molecule has 2 atom stereocenters. The van der Waals surface area contributed by atoms with Gasteiger partial charge in [0, 0.05) is 12.0 Å². The average Bonchev–Trinajstić information content (AvgIpc) is 3.33. The second-order valence-electron chi connectivity index (χ2n) is 6.12. The lowest BCUT2D eigenvalue weighted by molar-refractivity contribution is -0.156. The fraction of sp³-hybridized carbons (Fsp3) is 0.529. The van der Waals surface area contributed by atoms with Gasteiger partial charge in [0.1, 0.15) is 0 Å². The molecular formula is C17H22N2O3. The quantitative estimate of drug-likeness (QED) is 0.648. The van der Waals surface area contributed by atoms with Gasteiger partial charge in [0.2, 0.25) is 0 Å². The van der Waals surface area contributed by atoms with Crippen molar-refractivity contribution in [3.8, 4) is 0 Å². The maximum Gasteiger partial charge on any atom is 0.396 e. The number of carbonyl (C=O) groups is 2. The van der Waals surface area contributed by atoms with Crippen molar-refractivity contribution in [3.63, 3.8) is 0 Å². The van der Waals surface area contributed by atoms with Crippen LogP contribution in [-0.2, 0) is 14.3 Å². The van der Waals surface area contributed by atoms with E-state index in [4.69, 9.17) is 4.74 Å². The van der Waals surface area contributed by atoms with Crippen molar-refractivity contribution in [1.29, 1.82) is 0 Å². The maximum atomic E-state index is 11.8. The molecule has 0 radical (unpaired) electrons. The number of ether oxygens (including phenoxy) is 1.